The smallest absolute Gasteiger partial charge is 0.275 e. The molecule has 2 amide bonds. The van der Waals surface area contributed by atoms with Gasteiger partial charge in [0, 0.05) is 25.1 Å². The van der Waals surface area contributed by atoms with E-state index in [9.17, 15) is 9.59 Å². The predicted octanol–water partition coefficient (Wildman–Crippen LogP) is -0.924. The minimum Gasteiger partial charge on any atom is -0.496 e. The standard InChI is InChI=1S/C18H27N3O5/c1-13(22)21-7-5-20(6-8-21)12-18(23)19-11-14-9-16(25-3)17(26-4)10-15(14)24-2/h9-10H,5-8,11-12H2,1-4H3,(H,19,23)/p+1. The van der Waals surface area contributed by atoms with Gasteiger partial charge in [0.15, 0.2) is 18.0 Å². The Morgan fingerprint density at radius 2 is 1.62 bits per heavy atom. The summed E-state index contributed by atoms with van der Waals surface area (Å²) in [7, 11) is 4.70. The number of hydrogen-bond acceptors (Lipinski definition) is 5. The lowest BCUT2D eigenvalue weighted by Gasteiger charge is -2.31. The zero-order valence-electron chi connectivity index (χ0n) is 15.9. The average Bonchev–Trinajstić information content (AvgIpc) is 2.65. The van der Waals surface area contributed by atoms with Crippen molar-refractivity contribution in [2.24, 2.45) is 0 Å². The molecule has 0 aromatic heterocycles. The Kier molecular flexibility index (Phi) is 7.08. The Morgan fingerprint density at radius 3 is 2.15 bits per heavy atom. The Morgan fingerprint density at radius 1 is 1.04 bits per heavy atom. The van der Waals surface area contributed by atoms with Gasteiger partial charge in [-0.1, -0.05) is 0 Å². The molecule has 2 N–H and O–H groups in total. The van der Waals surface area contributed by atoms with Gasteiger partial charge in [0.25, 0.3) is 5.91 Å². The zero-order chi connectivity index (χ0) is 19.1. The monoisotopic (exact) mass is 366 g/mol. The highest BCUT2D eigenvalue weighted by Gasteiger charge is 2.23. The Labute approximate surface area is 154 Å². The molecule has 0 bridgehead atoms. The predicted molar refractivity (Wildman–Crippen MR) is 95.8 cm³/mol. The normalized spacial score (nSPS) is 14.7. The fourth-order valence-electron chi connectivity index (χ4n) is 3.03. The second kappa shape index (κ2) is 9.28. The van der Waals surface area contributed by atoms with Crippen LogP contribution in [0.1, 0.15) is 12.5 Å². The molecule has 1 aromatic carbocycles. The lowest BCUT2D eigenvalue weighted by molar-refractivity contribution is -0.896. The van der Waals surface area contributed by atoms with Gasteiger partial charge >= 0.3 is 0 Å². The first-order valence-electron chi connectivity index (χ1n) is 8.63. The van der Waals surface area contributed by atoms with E-state index in [0.717, 1.165) is 18.7 Å². The van der Waals surface area contributed by atoms with Gasteiger partial charge in [0.1, 0.15) is 5.75 Å². The molecule has 1 aromatic rings. The third-order valence-electron chi connectivity index (χ3n) is 4.59. The molecule has 144 valence electrons. The maximum atomic E-state index is 12.3. The van der Waals surface area contributed by atoms with E-state index in [4.69, 9.17) is 14.2 Å². The van der Waals surface area contributed by atoms with E-state index < -0.39 is 0 Å². The van der Waals surface area contributed by atoms with Crippen molar-refractivity contribution in [3.05, 3.63) is 17.7 Å². The van der Waals surface area contributed by atoms with Crippen LogP contribution in [0.3, 0.4) is 0 Å². The summed E-state index contributed by atoms with van der Waals surface area (Å²) in [5.41, 5.74) is 0.815. The van der Waals surface area contributed by atoms with E-state index in [1.807, 2.05) is 4.90 Å². The van der Waals surface area contributed by atoms with Crippen molar-refractivity contribution in [1.29, 1.82) is 0 Å². The number of nitrogens with zero attached hydrogens (tertiary/aromatic N) is 1. The van der Waals surface area contributed by atoms with E-state index >= 15 is 0 Å². The number of carbonyl (C=O) groups is 2. The van der Waals surface area contributed by atoms with Crippen LogP contribution >= 0.6 is 0 Å². The molecule has 1 aliphatic rings. The summed E-state index contributed by atoms with van der Waals surface area (Å²) in [5.74, 6) is 1.85. The third-order valence-corrected chi connectivity index (χ3v) is 4.59. The molecule has 0 spiro atoms. The Bertz CT molecular complexity index is 642. The number of quaternary nitrogens is 1. The molecule has 0 saturated carbocycles. The molecule has 2 rings (SSSR count). The summed E-state index contributed by atoms with van der Waals surface area (Å²) < 4.78 is 15.9. The highest BCUT2D eigenvalue weighted by atomic mass is 16.5. The fourth-order valence-corrected chi connectivity index (χ4v) is 3.03. The summed E-state index contributed by atoms with van der Waals surface area (Å²) in [6.45, 7) is 5.27. The van der Waals surface area contributed by atoms with Crippen molar-refractivity contribution in [2.45, 2.75) is 13.5 Å². The zero-order valence-corrected chi connectivity index (χ0v) is 15.9. The van der Waals surface area contributed by atoms with Crippen molar-refractivity contribution in [3.63, 3.8) is 0 Å². The van der Waals surface area contributed by atoms with Crippen molar-refractivity contribution in [3.8, 4) is 17.2 Å². The maximum absolute atomic E-state index is 12.3. The van der Waals surface area contributed by atoms with Crippen LogP contribution in [0, 0.1) is 0 Å². The topological polar surface area (TPSA) is 81.5 Å². The van der Waals surface area contributed by atoms with Crippen LogP contribution in [-0.4, -0.2) is 70.8 Å². The maximum Gasteiger partial charge on any atom is 0.275 e. The molecule has 0 radical (unpaired) electrons. The van der Waals surface area contributed by atoms with Crippen molar-refractivity contribution < 1.29 is 28.7 Å². The SMILES string of the molecule is COc1cc(OC)c(OC)cc1CNC(=O)C[NH+]1CCN(C(C)=O)CC1. The van der Waals surface area contributed by atoms with Crippen LogP contribution in [0.2, 0.25) is 0 Å². The minimum atomic E-state index is -0.0342. The summed E-state index contributed by atoms with van der Waals surface area (Å²) >= 11 is 0. The van der Waals surface area contributed by atoms with E-state index in [1.165, 1.54) is 4.90 Å². The van der Waals surface area contributed by atoms with Gasteiger partial charge in [-0.3, -0.25) is 9.59 Å². The molecule has 0 aliphatic carbocycles. The largest absolute Gasteiger partial charge is 0.496 e. The minimum absolute atomic E-state index is 0.0342. The van der Waals surface area contributed by atoms with Crippen LogP contribution in [-0.2, 0) is 16.1 Å². The van der Waals surface area contributed by atoms with Crippen molar-refractivity contribution in [2.75, 3.05) is 54.1 Å². The van der Waals surface area contributed by atoms with Gasteiger partial charge in [0.2, 0.25) is 5.91 Å². The van der Waals surface area contributed by atoms with Crippen LogP contribution in [0.4, 0.5) is 0 Å². The molecule has 1 aliphatic heterocycles. The van der Waals surface area contributed by atoms with Crippen LogP contribution in [0.25, 0.3) is 0 Å². The average molecular weight is 366 g/mol. The fraction of sp³-hybridized carbons (Fsp3) is 0.556. The molecule has 1 fully saturated rings. The number of methoxy groups -OCH3 is 3. The van der Waals surface area contributed by atoms with Gasteiger partial charge < -0.3 is 29.3 Å². The van der Waals surface area contributed by atoms with Gasteiger partial charge in [-0.25, -0.2) is 0 Å². The molecular formula is C18H28N3O5+. The molecule has 1 saturated heterocycles. The molecule has 8 heteroatoms. The van der Waals surface area contributed by atoms with Gasteiger partial charge in [0.05, 0.1) is 47.5 Å². The van der Waals surface area contributed by atoms with Crippen LogP contribution in [0.15, 0.2) is 12.1 Å². The molecule has 8 nitrogen and oxygen atoms in total. The molecule has 0 unspecified atom stereocenters. The number of nitrogens with one attached hydrogen (secondary N) is 2. The van der Waals surface area contributed by atoms with E-state index in [1.54, 1.807) is 40.4 Å². The number of carbonyl (C=O) groups excluding carboxylic acids is 2. The second-order valence-electron chi connectivity index (χ2n) is 6.23. The van der Waals surface area contributed by atoms with Gasteiger partial charge in [-0.15, -0.1) is 0 Å². The van der Waals surface area contributed by atoms with E-state index in [-0.39, 0.29) is 11.8 Å². The van der Waals surface area contributed by atoms with Gasteiger partial charge in [-0.2, -0.15) is 0 Å². The highest BCUT2D eigenvalue weighted by molar-refractivity contribution is 5.77. The second-order valence-corrected chi connectivity index (χ2v) is 6.23. The number of rotatable bonds is 7. The lowest BCUT2D eigenvalue weighted by Crippen LogP contribution is -3.15. The number of benzene rings is 1. The van der Waals surface area contributed by atoms with E-state index in [2.05, 4.69) is 5.32 Å². The lowest BCUT2D eigenvalue weighted by atomic mass is 10.1. The van der Waals surface area contributed by atoms with Crippen LogP contribution in [0.5, 0.6) is 17.2 Å². The van der Waals surface area contributed by atoms with Gasteiger partial charge in [-0.05, 0) is 6.07 Å². The summed E-state index contributed by atoms with van der Waals surface area (Å²) in [6, 6.07) is 3.54. The number of hydrogen-bond donors (Lipinski definition) is 2. The number of amides is 2. The molecule has 26 heavy (non-hydrogen) atoms. The quantitative estimate of drug-likeness (QED) is 0.652. The first kappa shape index (κ1) is 19.8. The first-order chi connectivity index (χ1) is 12.5. The molecule has 0 atom stereocenters. The molecule has 1 heterocycles. The Hall–Kier alpha value is -2.48. The summed E-state index contributed by atoms with van der Waals surface area (Å²) in [5, 5.41) is 2.93. The summed E-state index contributed by atoms with van der Waals surface area (Å²) in [6.07, 6.45) is 0. The number of ether oxygens (including phenoxy) is 3. The summed E-state index contributed by atoms with van der Waals surface area (Å²) in [4.78, 5) is 26.6. The highest BCUT2D eigenvalue weighted by Crippen LogP contribution is 2.34. The van der Waals surface area contributed by atoms with Crippen molar-refractivity contribution >= 4 is 11.8 Å². The first-order valence-corrected chi connectivity index (χ1v) is 8.63. The third kappa shape index (κ3) is 5.01. The molecular weight excluding hydrogens is 338 g/mol. The number of piperazine rings is 1. The Balaban J connectivity index is 1.90. The van der Waals surface area contributed by atoms with E-state index in [0.29, 0.717) is 43.4 Å². The van der Waals surface area contributed by atoms with Crippen LogP contribution < -0.4 is 24.4 Å². The van der Waals surface area contributed by atoms with Crippen molar-refractivity contribution in [1.82, 2.24) is 10.2 Å².